The Balaban J connectivity index is 1.25. The van der Waals surface area contributed by atoms with E-state index in [2.05, 4.69) is 25.0 Å². The van der Waals surface area contributed by atoms with E-state index in [4.69, 9.17) is 4.52 Å². The van der Waals surface area contributed by atoms with E-state index in [0.29, 0.717) is 55.5 Å². The van der Waals surface area contributed by atoms with Crippen molar-refractivity contribution in [3.63, 3.8) is 0 Å². The first-order chi connectivity index (χ1) is 15.0. The van der Waals surface area contributed by atoms with Crippen LogP contribution < -0.4 is 0 Å². The zero-order valence-electron chi connectivity index (χ0n) is 17.0. The van der Waals surface area contributed by atoms with Crippen LogP contribution in [0.5, 0.6) is 0 Å². The van der Waals surface area contributed by atoms with Gasteiger partial charge in [-0.2, -0.15) is 9.29 Å². The lowest BCUT2D eigenvalue weighted by atomic mass is 10.1. The minimum Gasteiger partial charge on any atom is -0.345 e. The summed E-state index contributed by atoms with van der Waals surface area (Å²) >= 11 is 0. The molecule has 1 fully saturated rings. The van der Waals surface area contributed by atoms with Gasteiger partial charge in [0.05, 0.1) is 6.54 Å². The van der Waals surface area contributed by atoms with Gasteiger partial charge in [-0.1, -0.05) is 29.4 Å². The van der Waals surface area contributed by atoms with Gasteiger partial charge in [-0.3, -0.25) is 4.90 Å². The van der Waals surface area contributed by atoms with Crippen molar-refractivity contribution in [3.05, 3.63) is 60.2 Å². The number of hydrogen-bond donors (Lipinski definition) is 1. The van der Waals surface area contributed by atoms with Crippen LogP contribution in [0.2, 0.25) is 0 Å². The van der Waals surface area contributed by atoms with Crippen LogP contribution in [0.1, 0.15) is 11.5 Å². The Hall–Kier alpha value is -3.08. The molecule has 4 heterocycles. The predicted octanol–water partition coefficient (Wildman–Crippen LogP) is 2.43. The Morgan fingerprint density at radius 3 is 2.71 bits per heavy atom. The van der Waals surface area contributed by atoms with Crippen LogP contribution in [-0.4, -0.2) is 63.9 Å². The molecule has 0 atom stereocenters. The average molecular weight is 439 g/mol. The summed E-state index contributed by atoms with van der Waals surface area (Å²) in [6.07, 6.45) is 3.15. The number of fused-ring (bicyclic) bond motifs is 1. The summed E-state index contributed by atoms with van der Waals surface area (Å²) < 4.78 is 33.2. The van der Waals surface area contributed by atoms with Crippen LogP contribution in [0.3, 0.4) is 0 Å². The Kier molecular flexibility index (Phi) is 5.05. The highest BCUT2D eigenvalue weighted by molar-refractivity contribution is 7.89. The first-order valence-electron chi connectivity index (χ1n) is 10.1. The predicted molar refractivity (Wildman–Crippen MR) is 115 cm³/mol. The molecule has 0 saturated carbocycles. The van der Waals surface area contributed by atoms with Crippen LogP contribution in [-0.2, 0) is 16.6 Å². The number of aromatic nitrogens is 4. The zero-order valence-corrected chi connectivity index (χ0v) is 17.8. The maximum Gasteiger partial charge on any atom is 0.245 e. The molecule has 1 saturated heterocycles. The molecule has 5 rings (SSSR count). The second-order valence-corrected chi connectivity index (χ2v) is 9.47. The van der Waals surface area contributed by atoms with Crippen molar-refractivity contribution in [3.8, 4) is 11.4 Å². The third-order valence-corrected chi connectivity index (χ3v) is 7.51. The second kappa shape index (κ2) is 7.88. The topological polar surface area (TPSA) is 108 Å². The Morgan fingerprint density at radius 2 is 1.90 bits per heavy atom. The molecule has 0 radical (unpaired) electrons. The molecule has 160 valence electrons. The molecule has 1 aromatic carbocycles. The largest absolute Gasteiger partial charge is 0.345 e. The standard InChI is InChI=1S/C21H22N6O3S/c1-15-5-2-3-6-16(15)21-24-19(30-25-21)14-26-9-11-27(12-10-26)31(28,29)18-13-23-20-17(18)7-4-8-22-20/h2-8,13H,9-12,14H2,1H3,(H,22,23). The number of nitrogens with zero attached hydrogens (tertiary/aromatic N) is 5. The minimum absolute atomic E-state index is 0.267. The summed E-state index contributed by atoms with van der Waals surface area (Å²) in [4.78, 5) is 14.0. The van der Waals surface area contributed by atoms with Gasteiger partial charge in [-0.25, -0.2) is 13.4 Å². The number of pyridine rings is 1. The number of piperazine rings is 1. The molecule has 1 aliphatic heterocycles. The van der Waals surface area contributed by atoms with E-state index in [1.165, 1.54) is 10.5 Å². The number of benzene rings is 1. The van der Waals surface area contributed by atoms with Gasteiger partial charge in [0.25, 0.3) is 0 Å². The fourth-order valence-corrected chi connectivity index (χ4v) is 5.43. The molecule has 0 aliphatic carbocycles. The molecule has 1 aliphatic rings. The van der Waals surface area contributed by atoms with Crippen LogP contribution in [0.4, 0.5) is 0 Å². The van der Waals surface area contributed by atoms with Gasteiger partial charge in [0.2, 0.25) is 21.7 Å². The minimum atomic E-state index is -3.59. The summed E-state index contributed by atoms with van der Waals surface area (Å²) in [6, 6.07) is 11.4. The van der Waals surface area contributed by atoms with Gasteiger partial charge in [-0.05, 0) is 24.6 Å². The lowest BCUT2D eigenvalue weighted by Gasteiger charge is -2.32. The number of aryl methyl sites for hydroxylation is 1. The lowest BCUT2D eigenvalue weighted by molar-refractivity contribution is 0.163. The van der Waals surface area contributed by atoms with Crippen molar-refractivity contribution >= 4 is 21.1 Å². The quantitative estimate of drug-likeness (QED) is 0.510. The maximum absolute atomic E-state index is 13.1. The molecule has 1 N–H and O–H groups in total. The summed E-state index contributed by atoms with van der Waals surface area (Å²) in [5.74, 6) is 1.10. The van der Waals surface area contributed by atoms with Crippen LogP contribution in [0, 0.1) is 6.92 Å². The number of nitrogens with one attached hydrogen (secondary N) is 1. The molecule has 9 nitrogen and oxygen atoms in total. The van der Waals surface area contributed by atoms with E-state index in [1.807, 2.05) is 31.2 Å². The van der Waals surface area contributed by atoms with Crippen LogP contribution in [0.15, 0.2) is 58.2 Å². The maximum atomic E-state index is 13.1. The number of H-pyrrole nitrogens is 1. The van der Waals surface area contributed by atoms with Gasteiger partial charge in [0, 0.05) is 49.5 Å². The summed E-state index contributed by atoms with van der Waals surface area (Å²) in [5.41, 5.74) is 2.60. The highest BCUT2D eigenvalue weighted by atomic mass is 32.2. The van der Waals surface area contributed by atoms with E-state index < -0.39 is 10.0 Å². The van der Waals surface area contributed by atoms with Crippen molar-refractivity contribution in [2.24, 2.45) is 0 Å². The van der Waals surface area contributed by atoms with E-state index >= 15 is 0 Å². The Bertz CT molecular complexity index is 1320. The third kappa shape index (κ3) is 3.73. The van der Waals surface area contributed by atoms with Crippen molar-refractivity contribution in [2.45, 2.75) is 18.4 Å². The number of rotatable bonds is 5. The zero-order chi connectivity index (χ0) is 21.4. The van der Waals surface area contributed by atoms with Crippen LogP contribution in [0.25, 0.3) is 22.4 Å². The van der Waals surface area contributed by atoms with Crippen molar-refractivity contribution in [1.29, 1.82) is 0 Å². The normalized spacial score (nSPS) is 16.2. The molecule has 0 spiro atoms. The fourth-order valence-electron chi connectivity index (χ4n) is 3.85. The van der Waals surface area contributed by atoms with E-state index in [-0.39, 0.29) is 4.90 Å². The SMILES string of the molecule is Cc1ccccc1-c1noc(CN2CCN(S(=O)(=O)c3c[nH]c4ncccc34)CC2)n1. The van der Waals surface area contributed by atoms with Crippen molar-refractivity contribution in [1.82, 2.24) is 29.3 Å². The second-order valence-electron chi connectivity index (χ2n) is 7.56. The molecule has 0 amide bonds. The van der Waals surface area contributed by atoms with Crippen LogP contribution >= 0.6 is 0 Å². The molecule has 0 unspecified atom stereocenters. The van der Waals surface area contributed by atoms with Crippen molar-refractivity contribution < 1.29 is 12.9 Å². The van der Waals surface area contributed by atoms with Gasteiger partial charge in [0.1, 0.15) is 10.5 Å². The highest BCUT2D eigenvalue weighted by Gasteiger charge is 2.31. The van der Waals surface area contributed by atoms with Gasteiger partial charge < -0.3 is 9.51 Å². The molecule has 4 aromatic rings. The fraction of sp³-hybridized carbons (Fsp3) is 0.286. The highest BCUT2D eigenvalue weighted by Crippen LogP contribution is 2.25. The smallest absolute Gasteiger partial charge is 0.245 e. The van der Waals surface area contributed by atoms with Gasteiger partial charge >= 0.3 is 0 Å². The average Bonchev–Trinajstić information content (AvgIpc) is 3.42. The van der Waals surface area contributed by atoms with E-state index in [9.17, 15) is 8.42 Å². The van der Waals surface area contributed by atoms with E-state index in [0.717, 1.165) is 11.1 Å². The summed E-state index contributed by atoms with van der Waals surface area (Å²) in [6.45, 7) is 4.46. The first kappa shape index (κ1) is 19.9. The molecule has 31 heavy (non-hydrogen) atoms. The van der Waals surface area contributed by atoms with Crippen molar-refractivity contribution in [2.75, 3.05) is 26.2 Å². The molecule has 3 aromatic heterocycles. The Morgan fingerprint density at radius 1 is 1.10 bits per heavy atom. The third-order valence-electron chi connectivity index (χ3n) is 5.58. The number of sulfonamides is 1. The Labute approximate surface area is 179 Å². The van der Waals surface area contributed by atoms with Gasteiger partial charge in [0.15, 0.2) is 0 Å². The lowest BCUT2D eigenvalue weighted by Crippen LogP contribution is -2.48. The van der Waals surface area contributed by atoms with E-state index in [1.54, 1.807) is 18.3 Å². The molecular formula is C21H22N6O3S. The first-order valence-corrected chi connectivity index (χ1v) is 11.5. The monoisotopic (exact) mass is 438 g/mol. The van der Waals surface area contributed by atoms with Gasteiger partial charge in [-0.15, -0.1) is 0 Å². The molecular weight excluding hydrogens is 416 g/mol. The molecule has 10 heteroatoms. The molecule has 0 bridgehead atoms. The summed E-state index contributed by atoms with van der Waals surface area (Å²) in [7, 11) is -3.59. The number of aromatic amines is 1. The summed E-state index contributed by atoms with van der Waals surface area (Å²) in [5, 5.41) is 4.71. The number of hydrogen-bond acceptors (Lipinski definition) is 7.